The molecule has 2 fully saturated rings. The molecular weight excluding hydrogens is 398 g/mol. The lowest BCUT2D eigenvalue weighted by Gasteiger charge is -2.46. The quantitative estimate of drug-likeness (QED) is 0.740. The van der Waals surface area contributed by atoms with Crippen LogP contribution in [-0.4, -0.2) is 36.1 Å². The highest BCUT2D eigenvalue weighted by Crippen LogP contribution is 2.39. The standard InChI is InChI=1S/C25H30F2N2O2/c26-22-7-6-21(23(27)15-22)18-29-11-9-25(10-12-29)16-20(8-13-31-25)14-24(30)28-17-19-4-2-1-3-5-19/h1-7,15,20H,8-14,16-18H2,(H,28,30). The maximum atomic E-state index is 14.0. The first-order valence-corrected chi connectivity index (χ1v) is 11.1. The van der Waals surface area contributed by atoms with Crippen LogP contribution >= 0.6 is 0 Å². The molecule has 2 aliphatic rings. The average Bonchev–Trinajstić information content (AvgIpc) is 2.77. The van der Waals surface area contributed by atoms with Crippen molar-refractivity contribution in [1.82, 2.24) is 10.2 Å². The second-order valence-electron chi connectivity index (χ2n) is 8.87. The van der Waals surface area contributed by atoms with Gasteiger partial charge in [-0.25, -0.2) is 8.78 Å². The van der Waals surface area contributed by atoms with Crippen molar-refractivity contribution in [3.63, 3.8) is 0 Å². The molecule has 2 heterocycles. The summed E-state index contributed by atoms with van der Waals surface area (Å²) in [7, 11) is 0. The Labute approximate surface area is 182 Å². The van der Waals surface area contributed by atoms with E-state index >= 15 is 0 Å². The van der Waals surface area contributed by atoms with Crippen LogP contribution < -0.4 is 5.32 Å². The van der Waals surface area contributed by atoms with E-state index in [4.69, 9.17) is 4.74 Å². The number of likely N-dealkylation sites (tertiary alicyclic amines) is 1. The van der Waals surface area contributed by atoms with Gasteiger partial charge in [-0.05, 0) is 43.2 Å². The first-order chi connectivity index (χ1) is 15.0. The SMILES string of the molecule is O=C(CC1CCOC2(CCN(Cc3ccc(F)cc3F)CC2)C1)NCc1ccccc1. The Morgan fingerprint density at radius 1 is 1.13 bits per heavy atom. The number of nitrogens with zero attached hydrogens (tertiary/aromatic N) is 1. The molecule has 0 radical (unpaired) electrons. The normalized spacial score (nSPS) is 21.2. The summed E-state index contributed by atoms with van der Waals surface area (Å²) < 4.78 is 33.3. The largest absolute Gasteiger partial charge is 0.375 e. The maximum Gasteiger partial charge on any atom is 0.220 e. The Balaban J connectivity index is 1.25. The lowest BCUT2D eigenvalue weighted by atomic mass is 9.78. The van der Waals surface area contributed by atoms with Crippen molar-refractivity contribution < 1.29 is 18.3 Å². The number of nitrogens with one attached hydrogen (secondary N) is 1. The van der Waals surface area contributed by atoms with E-state index in [2.05, 4.69) is 10.2 Å². The van der Waals surface area contributed by atoms with Gasteiger partial charge >= 0.3 is 0 Å². The van der Waals surface area contributed by atoms with Gasteiger partial charge in [-0.3, -0.25) is 9.69 Å². The van der Waals surface area contributed by atoms with Crippen LogP contribution in [0, 0.1) is 17.6 Å². The van der Waals surface area contributed by atoms with Crippen molar-refractivity contribution in [3.8, 4) is 0 Å². The van der Waals surface area contributed by atoms with Crippen LogP contribution in [0.4, 0.5) is 8.78 Å². The zero-order valence-corrected chi connectivity index (χ0v) is 17.8. The van der Waals surface area contributed by atoms with Gasteiger partial charge in [0.2, 0.25) is 5.91 Å². The van der Waals surface area contributed by atoms with Crippen LogP contribution in [-0.2, 0) is 22.6 Å². The molecule has 1 atom stereocenters. The summed E-state index contributed by atoms with van der Waals surface area (Å²) in [5.41, 5.74) is 1.44. The number of hydrogen-bond acceptors (Lipinski definition) is 3. The molecule has 6 heteroatoms. The molecule has 0 bridgehead atoms. The van der Waals surface area contributed by atoms with E-state index in [0.717, 1.165) is 50.4 Å². The van der Waals surface area contributed by atoms with Gasteiger partial charge in [0.25, 0.3) is 0 Å². The molecule has 4 rings (SSSR count). The molecule has 1 spiro atoms. The van der Waals surface area contributed by atoms with E-state index in [1.165, 1.54) is 12.1 Å². The van der Waals surface area contributed by atoms with Crippen LogP contribution in [0.15, 0.2) is 48.5 Å². The molecule has 166 valence electrons. The summed E-state index contributed by atoms with van der Waals surface area (Å²) in [6, 6.07) is 13.7. The topological polar surface area (TPSA) is 41.6 Å². The Morgan fingerprint density at radius 2 is 1.90 bits per heavy atom. The minimum absolute atomic E-state index is 0.0927. The fourth-order valence-electron chi connectivity index (χ4n) is 4.79. The number of amides is 1. The maximum absolute atomic E-state index is 14.0. The predicted octanol–water partition coefficient (Wildman–Crippen LogP) is 4.43. The highest BCUT2D eigenvalue weighted by Gasteiger charge is 2.40. The zero-order valence-electron chi connectivity index (χ0n) is 17.8. The second-order valence-corrected chi connectivity index (χ2v) is 8.87. The van der Waals surface area contributed by atoms with E-state index in [1.807, 2.05) is 30.3 Å². The van der Waals surface area contributed by atoms with E-state index in [-0.39, 0.29) is 11.5 Å². The first kappa shape index (κ1) is 21.9. The van der Waals surface area contributed by atoms with E-state index < -0.39 is 11.6 Å². The highest BCUT2D eigenvalue weighted by molar-refractivity contribution is 5.76. The monoisotopic (exact) mass is 428 g/mol. The zero-order chi connectivity index (χ0) is 21.7. The first-order valence-electron chi connectivity index (χ1n) is 11.1. The number of rotatable bonds is 6. The minimum atomic E-state index is -0.548. The van der Waals surface area contributed by atoms with Crippen molar-refractivity contribution >= 4 is 5.91 Å². The number of ether oxygens (including phenoxy) is 1. The predicted molar refractivity (Wildman–Crippen MR) is 115 cm³/mol. The summed E-state index contributed by atoms with van der Waals surface area (Å²) in [4.78, 5) is 14.6. The molecule has 4 nitrogen and oxygen atoms in total. The van der Waals surface area contributed by atoms with Gasteiger partial charge in [0.1, 0.15) is 11.6 Å². The molecule has 2 aliphatic heterocycles. The third-order valence-corrected chi connectivity index (χ3v) is 6.58. The average molecular weight is 429 g/mol. The third kappa shape index (κ3) is 5.89. The number of hydrogen-bond donors (Lipinski definition) is 1. The molecule has 1 N–H and O–H groups in total. The van der Waals surface area contributed by atoms with Crippen molar-refractivity contribution in [2.45, 2.75) is 50.8 Å². The van der Waals surface area contributed by atoms with Gasteiger partial charge in [0.05, 0.1) is 5.60 Å². The van der Waals surface area contributed by atoms with Gasteiger partial charge < -0.3 is 10.1 Å². The Bertz CT molecular complexity index is 882. The smallest absolute Gasteiger partial charge is 0.220 e. The molecule has 2 aromatic rings. The van der Waals surface area contributed by atoms with Crippen LogP contribution in [0.1, 0.15) is 43.2 Å². The van der Waals surface area contributed by atoms with Gasteiger partial charge in [0, 0.05) is 50.8 Å². The summed E-state index contributed by atoms with van der Waals surface area (Å²) in [6.45, 7) is 3.34. The van der Waals surface area contributed by atoms with Gasteiger partial charge in [-0.1, -0.05) is 36.4 Å². The molecular formula is C25H30F2N2O2. The van der Waals surface area contributed by atoms with E-state index in [0.29, 0.717) is 37.6 Å². The van der Waals surface area contributed by atoms with Crippen LogP contribution in [0.5, 0.6) is 0 Å². The summed E-state index contributed by atoms with van der Waals surface area (Å²) in [6.07, 6.45) is 4.08. The highest BCUT2D eigenvalue weighted by atomic mass is 19.1. The van der Waals surface area contributed by atoms with E-state index in [1.54, 1.807) is 0 Å². The Hall–Kier alpha value is -2.31. The summed E-state index contributed by atoms with van der Waals surface area (Å²) in [5, 5.41) is 3.03. The summed E-state index contributed by atoms with van der Waals surface area (Å²) >= 11 is 0. The van der Waals surface area contributed by atoms with Crippen molar-refractivity contribution in [1.29, 1.82) is 0 Å². The molecule has 1 amide bonds. The Kier molecular flexibility index (Phi) is 6.98. The number of carbonyl (C=O) groups is 1. The number of benzene rings is 2. The number of halogens is 2. The van der Waals surface area contributed by atoms with Gasteiger partial charge in [0.15, 0.2) is 0 Å². The molecule has 0 aliphatic carbocycles. The fourth-order valence-corrected chi connectivity index (χ4v) is 4.79. The summed E-state index contributed by atoms with van der Waals surface area (Å²) in [5.74, 6) is -0.621. The molecule has 0 aromatic heterocycles. The third-order valence-electron chi connectivity index (χ3n) is 6.58. The molecule has 2 saturated heterocycles. The minimum Gasteiger partial charge on any atom is -0.375 e. The number of carbonyl (C=O) groups excluding carboxylic acids is 1. The number of piperidine rings is 1. The lowest BCUT2D eigenvalue weighted by Crippen LogP contribution is -2.49. The lowest BCUT2D eigenvalue weighted by molar-refractivity contribution is -0.136. The van der Waals surface area contributed by atoms with Crippen molar-refractivity contribution in [2.24, 2.45) is 5.92 Å². The fraction of sp³-hybridized carbons (Fsp3) is 0.480. The van der Waals surface area contributed by atoms with Gasteiger partial charge in [-0.15, -0.1) is 0 Å². The molecule has 1 unspecified atom stereocenters. The van der Waals surface area contributed by atoms with Crippen LogP contribution in [0.25, 0.3) is 0 Å². The van der Waals surface area contributed by atoms with Gasteiger partial charge in [-0.2, -0.15) is 0 Å². The van der Waals surface area contributed by atoms with Crippen LogP contribution in [0.3, 0.4) is 0 Å². The molecule has 2 aromatic carbocycles. The second kappa shape index (κ2) is 9.88. The van der Waals surface area contributed by atoms with Crippen LogP contribution in [0.2, 0.25) is 0 Å². The van der Waals surface area contributed by atoms with E-state index in [9.17, 15) is 13.6 Å². The van der Waals surface area contributed by atoms with Crippen molar-refractivity contribution in [3.05, 3.63) is 71.3 Å². The molecule has 31 heavy (non-hydrogen) atoms. The molecule has 0 saturated carbocycles. The Morgan fingerprint density at radius 3 is 2.65 bits per heavy atom. The van der Waals surface area contributed by atoms with Crippen molar-refractivity contribution in [2.75, 3.05) is 19.7 Å².